The average Bonchev–Trinajstić information content (AvgIpc) is 3.53. The summed E-state index contributed by atoms with van der Waals surface area (Å²) in [5.74, 6) is 0.971. The summed E-state index contributed by atoms with van der Waals surface area (Å²) in [6.45, 7) is -0.0000321. The topological polar surface area (TPSA) is 139 Å². The van der Waals surface area contributed by atoms with Gasteiger partial charge in [-0.25, -0.2) is 0 Å². The summed E-state index contributed by atoms with van der Waals surface area (Å²) in [4.78, 5) is 10.5. The molecule has 10 nitrogen and oxygen atoms in total. The van der Waals surface area contributed by atoms with Crippen LogP contribution in [0.3, 0.4) is 0 Å². The van der Waals surface area contributed by atoms with Crippen molar-refractivity contribution in [2.45, 2.75) is 6.61 Å². The number of aromatic nitrogens is 4. The van der Waals surface area contributed by atoms with Gasteiger partial charge in [0.2, 0.25) is 11.8 Å². The number of nitrogens with zero attached hydrogens (tertiary/aromatic N) is 6. The molecule has 0 bridgehead atoms. The van der Waals surface area contributed by atoms with Gasteiger partial charge in [0.1, 0.15) is 18.4 Å². The molecule has 0 atom stereocenters. The van der Waals surface area contributed by atoms with Crippen LogP contribution in [0.5, 0.6) is 11.8 Å². The summed E-state index contributed by atoms with van der Waals surface area (Å²) < 4.78 is 13.3. The predicted molar refractivity (Wildman–Crippen MR) is 128 cm³/mol. The summed E-state index contributed by atoms with van der Waals surface area (Å²) in [5, 5.41) is 34.7. The molecule has 2 heterocycles. The molecule has 0 unspecified atom stereocenters. The van der Waals surface area contributed by atoms with Gasteiger partial charge in [-0.05, 0) is 42.0 Å². The number of aldehydes is 1. The van der Waals surface area contributed by atoms with E-state index < -0.39 is 0 Å². The fraction of sp³-hybridized carbons (Fsp3) is 0.125. The molecule has 175 valence electrons. The first-order valence-corrected chi connectivity index (χ1v) is 9.91. The fourth-order valence-corrected chi connectivity index (χ4v) is 2.93. The Morgan fingerprint density at radius 1 is 0.889 bits per heavy atom. The predicted octanol–water partition coefficient (Wildman–Crippen LogP) is -0.454. The third-order valence-corrected chi connectivity index (χ3v) is 4.64. The molecule has 0 aliphatic rings. The van der Waals surface area contributed by atoms with Crippen molar-refractivity contribution in [1.29, 1.82) is 10.5 Å². The average molecular weight is 491 g/mol. The van der Waals surface area contributed by atoms with Crippen molar-refractivity contribution < 1.29 is 50.4 Å². The summed E-state index contributed by atoms with van der Waals surface area (Å²) in [7, 11) is 3.03. The summed E-state index contributed by atoms with van der Waals surface area (Å²) in [5.41, 5.74) is 3.49. The maximum atomic E-state index is 10.5. The Balaban J connectivity index is 0.000000648. The molecule has 4 rings (SSSR count). The molecule has 0 spiro atoms. The monoisotopic (exact) mass is 491 g/mol. The number of carbonyl (C=O) groups is 1. The Hall–Kier alpha value is -3.87. The number of carbonyl (C=O) groups excluding carboxylic acids is 1. The van der Waals surface area contributed by atoms with Gasteiger partial charge in [0.15, 0.2) is 11.4 Å². The van der Waals surface area contributed by atoms with Crippen LogP contribution in [0.15, 0.2) is 60.7 Å². The third kappa shape index (κ3) is 7.07. The molecular formula is C24H21BN6NaO4. The van der Waals surface area contributed by atoms with E-state index in [1.54, 1.807) is 53.2 Å². The summed E-state index contributed by atoms with van der Waals surface area (Å²) in [6.07, 6.45) is 0.769. The Kier molecular flexibility index (Phi) is 12.2. The molecular weight excluding hydrogens is 470 g/mol. The number of hydrogen-bond donors (Lipinski definition) is 1. The van der Waals surface area contributed by atoms with Crippen molar-refractivity contribution in [2.75, 3.05) is 14.2 Å². The smallest absolute Gasteiger partial charge is 1.00 e. The van der Waals surface area contributed by atoms with Crippen LogP contribution in [0.4, 0.5) is 0 Å². The van der Waals surface area contributed by atoms with Gasteiger partial charge < -0.3 is 16.0 Å². The van der Waals surface area contributed by atoms with E-state index in [0.717, 1.165) is 23.2 Å². The van der Waals surface area contributed by atoms with E-state index in [1.165, 1.54) is 18.9 Å². The number of aliphatic hydroxyl groups is 1. The second-order valence-corrected chi connectivity index (χ2v) is 6.73. The van der Waals surface area contributed by atoms with E-state index in [1.807, 2.05) is 24.3 Å². The zero-order chi connectivity index (χ0) is 24.5. The standard InChI is InChI=1S/C12H11N3O2.C12H9N3O2.B.Na.H/c2*1-17-12-6-10(7-13)14-15(12)11-4-2-9(8-16)3-5-11;;;/h2-6,16H,8H2,1H3;2-6,8H,1H3;;;/q;;;+1;-1. The van der Waals surface area contributed by atoms with Crippen molar-refractivity contribution in [2.24, 2.45) is 0 Å². The van der Waals surface area contributed by atoms with Gasteiger partial charge >= 0.3 is 29.6 Å². The largest absolute Gasteiger partial charge is 1.00 e. The molecule has 0 amide bonds. The molecule has 0 fully saturated rings. The van der Waals surface area contributed by atoms with E-state index in [4.69, 9.17) is 25.1 Å². The molecule has 12 heteroatoms. The van der Waals surface area contributed by atoms with Crippen molar-refractivity contribution in [3.8, 4) is 35.3 Å². The minimum atomic E-state index is -0.0000321. The number of aliphatic hydroxyl groups excluding tert-OH is 1. The number of rotatable bonds is 6. The number of hydrogen-bond acceptors (Lipinski definition) is 8. The summed E-state index contributed by atoms with van der Waals surface area (Å²) in [6, 6.07) is 21.1. The molecule has 2 aromatic heterocycles. The van der Waals surface area contributed by atoms with Crippen LogP contribution in [-0.2, 0) is 6.61 Å². The molecule has 1 N–H and O–H groups in total. The molecule has 0 aliphatic heterocycles. The molecule has 0 saturated carbocycles. The molecule has 0 aliphatic carbocycles. The maximum Gasteiger partial charge on any atom is 1.00 e. The quantitative estimate of drug-likeness (QED) is 0.283. The number of nitriles is 2. The van der Waals surface area contributed by atoms with Crippen LogP contribution in [0.2, 0.25) is 0 Å². The van der Waals surface area contributed by atoms with E-state index in [0.29, 0.717) is 23.0 Å². The molecule has 0 saturated heterocycles. The SMILES string of the molecule is COc1cc(C#N)nn1-c1ccc(C=O)cc1.COc1cc(C#N)nn1-c1ccc(CO)cc1.[B].[H-].[Na+]. The number of ether oxygens (including phenoxy) is 2. The van der Waals surface area contributed by atoms with Crippen LogP contribution >= 0.6 is 0 Å². The van der Waals surface area contributed by atoms with E-state index >= 15 is 0 Å². The second-order valence-electron chi connectivity index (χ2n) is 6.73. The van der Waals surface area contributed by atoms with Crippen LogP contribution in [0, 0.1) is 22.7 Å². The normalized spacial score (nSPS) is 9.25. The van der Waals surface area contributed by atoms with E-state index in [2.05, 4.69) is 10.2 Å². The van der Waals surface area contributed by atoms with Gasteiger partial charge in [-0.1, -0.05) is 12.1 Å². The first kappa shape index (κ1) is 30.2. The molecule has 2 aromatic carbocycles. The fourth-order valence-electron chi connectivity index (χ4n) is 2.93. The van der Waals surface area contributed by atoms with Gasteiger partial charge in [-0.15, -0.1) is 0 Å². The molecule has 3 radical (unpaired) electrons. The minimum Gasteiger partial charge on any atom is -1.00 e. The Labute approximate surface area is 233 Å². The maximum absolute atomic E-state index is 10.5. The van der Waals surface area contributed by atoms with Crippen LogP contribution in [-0.4, -0.2) is 53.6 Å². The van der Waals surface area contributed by atoms with Gasteiger partial charge in [0.25, 0.3) is 0 Å². The summed E-state index contributed by atoms with van der Waals surface area (Å²) >= 11 is 0. The van der Waals surface area contributed by atoms with E-state index in [-0.39, 0.29) is 51.7 Å². The minimum absolute atomic E-state index is 0. The third-order valence-electron chi connectivity index (χ3n) is 4.64. The number of benzene rings is 2. The zero-order valence-electron chi connectivity index (χ0n) is 21.0. The first-order chi connectivity index (χ1) is 16.6. The number of methoxy groups -OCH3 is 2. The molecule has 36 heavy (non-hydrogen) atoms. The van der Waals surface area contributed by atoms with Crippen LogP contribution in [0.25, 0.3) is 11.4 Å². The molecule has 4 aromatic rings. The van der Waals surface area contributed by atoms with Gasteiger partial charge in [-0.2, -0.15) is 30.1 Å². The van der Waals surface area contributed by atoms with E-state index in [9.17, 15) is 4.79 Å². The Morgan fingerprint density at radius 3 is 1.64 bits per heavy atom. The van der Waals surface area contributed by atoms with Gasteiger partial charge in [-0.3, -0.25) is 4.79 Å². The van der Waals surface area contributed by atoms with Crippen LogP contribution in [0.1, 0.15) is 28.7 Å². The Bertz CT molecular complexity index is 1360. The zero-order valence-corrected chi connectivity index (χ0v) is 22.0. The Morgan fingerprint density at radius 2 is 1.31 bits per heavy atom. The van der Waals surface area contributed by atoms with Crippen molar-refractivity contribution in [3.63, 3.8) is 0 Å². The van der Waals surface area contributed by atoms with Gasteiger partial charge in [0, 0.05) is 26.1 Å². The van der Waals surface area contributed by atoms with Gasteiger partial charge in [0.05, 0.1) is 32.2 Å². The van der Waals surface area contributed by atoms with Crippen molar-refractivity contribution in [1.82, 2.24) is 19.6 Å². The van der Waals surface area contributed by atoms with Crippen LogP contribution < -0.4 is 39.0 Å². The first-order valence-electron chi connectivity index (χ1n) is 9.91. The van der Waals surface area contributed by atoms with Crippen molar-refractivity contribution in [3.05, 3.63) is 83.2 Å². The van der Waals surface area contributed by atoms with Crippen molar-refractivity contribution >= 4 is 14.7 Å². The second kappa shape index (κ2) is 14.5.